The highest BCUT2D eigenvalue weighted by Crippen LogP contribution is 2.07. The van der Waals surface area contributed by atoms with Gasteiger partial charge in [0.25, 0.3) is 5.91 Å². The van der Waals surface area contributed by atoms with E-state index in [4.69, 9.17) is 9.15 Å². The monoisotopic (exact) mass is 352 g/mol. The molecule has 1 aromatic heterocycles. The number of nitrogens with zero attached hydrogens (tertiary/aromatic N) is 1. The quantitative estimate of drug-likeness (QED) is 0.304. The Bertz CT molecular complexity index is 514. The molecular weight excluding hydrogens is 320 g/mol. The summed E-state index contributed by atoms with van der Waals surface area (Å²) in [5.74, 6) is 1.02. The van der Waals surface area contributed by atoms with Gasteiger partial charge in [-0.2, -0.15) is 0 Å². The van der Waals surface area contributed by atoms with Crippen molar-refractivity contribution in [3.05, 3.63) is 23.7 Å². The molecule has 1 heterocycles. The van der Waals surface area contributed by atoms with Crippen LogP contribution in [-0.4, -0.2) is 51.3 Å². The summed E-state index contributed by atoms with van der Waals surface area (Å²) < 4.78 is 10.5. The molecule has 0 atom stereocenters. The van der Waals surface area contributed by atoms with Gasteiger partial charge in [-0.05, 0) is 46.1 Å². The summed E-state index contributed by atoms with van der Waals surface area (Å²) in [6.07, 6.45) is 4.38. The van der Waals surface area contributed by atoms with Gasteiger partial charge in [0.05, 0.1) is 6.26 Å². The highest BCUT2D eigenvalue weighted by molar-refractivity contribution is 5.92. The Morgan fingerprint density at radius 2 is 1.96 bits per heavy atom. The number of carbonyl (C=O) groups is 1. The summed E-state index contributed by atoms with van der Waals surface area (Å²) in [6.45, 7) is 10.4. The molecule has 0 aliphatic heterocycles. The Morgan fingerprint density at radius 1 is 1.16 bits per heavy atom. The van der Waals surface area contributed by atoms with Gasteiger partial charge in [0.2, 0.25) is 0 Å². The SMILES string of the molecule is CCNC(=NCCCNC(=O)c1occc1C)NCCCCOCC. The predicted octanol–water partition coefficient (Wildman–Crippen LogP) is 2.08. The van der Waals surface area contributed by atoms with Crippen molar-refractivity contribution in [2.75, 3.05) is 39.4 Å². The van der Waals surface area contributed by atoms with Crippen LogP contribution in [0.2, 0.25) is 0 Å². The molecule has 7 heteroatoms. The van der Waals surface area contributed by atoms with Crippen LogP contribution in [0.15, 0.2) is 21.7 Å². The second kappa shape index (κ2) is 13.3. The van der Waals surface area contributed by atoms with Crippen molar-refractivity contribution in [3.63, 3.8) is 0 Å². The minimum Gasteiger partial charge on any atom is -0.459 e. The summed E-state index contributed by atoms with van der Waals surface area (Å²) in [7, 11) is 0. The number of nitrogens with one attached hydrogen (secondary N) is 3. The van der Waals surface area contributed by atoms with Crippen LogP contribution in [0.5, 0.6) is 0 Å². The number of hydrogen-bond donors (Lipinski definition) is 3. The van der Waals surface area contributed by atoms with E-state index in [1.165, 1.54) is 6.26 Å². The molecule has 1 rings (SSSR count). The summed E-state index contributed by atoms with van der Waals surface area (Å²) >= 11 is 0. The first kappa shape index (κ1) is 21.0. The fourth-order valence-electron chi connectivity index (χ4n) is 2.18. The van der Waals surface area contributed by atoms with Crippen LogP contribution >= 0.6 is 0 Å². The molecule has 0 fully saturated rings. The second-order valence-electron chi connectivity index (χ2n) is 5.63. The molecule has 0 radical (unpaired) electrons. The molecule has 1 amide bonds. The first-order valence-corrected chi connectivity index (χ1v) is 9.11. The van der Waals surface area contributed by atoms with Gasteiger partial charge in [-0.15, -0.1) is 0 Å². The van der Waals surface area contributed by atoms with Crippen LogP contribution in [0.1, 0.15) is 49.2 Å². The van der Waals surface area contributed by atoms with Gasteiger partial charge in [-0.3, -0.25) is 9.79 Å². The predicted molar refractivity (Wildman–Crippen MR) is 100 cm³/mol. The van der Waals surface area contributed by atoms with Crippen molar-refractivity contribution < 1.29 is 13.9 Å². The topological polar surface area (TPSA) is 87.9 Å². The van der Waals surface area contributed by atoms with Crippen molar-refractivity contribution in [1.82, 2.24) is 16.0 Å². The maximum Gasteiger partial charge on any atom is 0.287 e. The Morgan fingerprint density at radius 3 is 2.64 bits per heavy atom. The minimum absolute atomic E-state index is 0.175. The first-order valence-electron chi connectivity index (χ1n) is 9.11. The average molecular weight is 352 g/mol. The van der Waals surface area contributed by atoms with Gasteiger partial charge in [0.1, 0.15) is 0 Å². The van der Waals surface area contributed by atoms with E-state index in [-0.39, 0.29) is 5.91 Å². The number of amides is 1. The molecule has 0 aliphatic rings. The molecule has 25 heavy (non-hydrogen) atoms. The fraction of sp³-hybridized carbons (Fsp3) is 0.667. The maximum atomic E-state index is 11.9. The zero-order valence-electron chi connectivity index (χ0n) is 15.7. The van der Waals surface area contributed by atoms with Gasteiger partial charge < -0.3 is 25.1 Å². The van der Waals surface area contributed by atoms with Crippen molar-refractivity contribution >= 4 is 11.9 Å². The molecular formula is C18H32N4O3. The number of unbranched alkanes of at least 4 members (excludes halogenated alkanes) is 1. The van der Waals surface area contributed by atoms with Crippen LogP contribution in [0.3, 0.4) is 0 Å². The number of rotatable bonds is 12. The van der Waals surface area contributed by atoms with E-state index < -0.39 is 0 Å². The zero-order chi connectivity index (χ0) is 18.3. The third-order valence-corrected chi connectivity index (χ3v) is 3.51. The lowest BCUT2D eigenvalue weighted by Gasteiger charge is -2.11. The molecule has 3 N–H and O–H groups in total. The molecule has 7 nitrogen and oxygen atoms in total. The van der Waals surface area contributed by atoms with E-state index >= 15 is 0 Å². The maximum absolute atomic E-state index is 11.9. The molecule has 0 unspecified atom stereocenters. The number of aryl methyl sites for hydroxylation is 1. The number of hydrogen-bond acceptors (Lipinski definition) is 4. The van der Waals surface area contributed by atoms with Crippen LogP contribution < -0.4 is 16.0 Å². The molecule has 0 aliphatic carbocycles. The molecule has 1 aromatic rings. The van der Waals surface area contributed by atoms with E-state index in [2.05, 4.69) is 20.9 Å². The standard InChI is InChI=1S/C18H32N4O3/c1-4-19-18(21-10-6-7-13-24-5-2)22-12-8-11-20-17(23)16-15(3)9-14-25-16/h9,14H,4-8,10-13H2,1-3H3,(H,20,23)(H2,19,21,22). The third kappa shape index (κ3) is 9.14. The van der Waals surface area contributed by atoms with E-state index in [1.807, 2.05) is 20.8 Å². The van der Waals surface area contributed by atoms with Gasteiger partial charge in [0, 0.05) is 45.0 Å². The Balaban J connectivity index is 2.19. The summed E-state index contributed by atoms with van der Waals surface area (Å²) in [4.78, 5) is 16.4. The van der Waals surface area contributed by atoms with E-state index in [9.17, 15) is 4.79 Å². The molecule has 142 valence electrons. The largest absolute Gasteiger partial charge is 0.459 e. The Kier molecular flexibility index (Phi) is 11.2. The normalized spacial score (nSPS) is 11.4. The van der Waals surface area contributed by atoms with Crippen molar-refractivity contribution in [3.8, 4) is 0 Å². The molecule has 0 saturated heterocycles. The summed E-state index contributed by atoms with van der Waals surface area (Å²) in [5.41, 5.74) is 0.846. The lowest BCUT2D eigenvalue weighted by Crippen LogP contribution is -2.38. The van der Waals surface area contributed by atoms with Crippen LogP contribution in [0.4, 0.5) is 0 Å². The second-order valence-corrected chi connectivity index (χ2v) is 5.63. The number of furan rings is 1. The summed E-state index contributed by atoms with van der Waals surface area (Å²) in [5, 5.41) is 9.37. The van der Waals surface area contributed by atoms with E-state index in [1.54, 1.807) is 6.07 Å². The van der Waals surface area contributed by atoms with Gasteiger partial charge >= 0.3 is 0 Å². The smallest absolute Gasteiger partial charge is 0.287 e. The van der Waals surface area contributed by atoms with Crippen LogP contribution in [-0.2, 0) is 4.74 Å². The molecule has 0 aromatic carbocycles. The molecule has 0 saturated carbocycles. The number of ether oxygens (including phenoxy) is 1. The lowest BCUT2D eigenvalue weighted by molar-refractivity contribution is 0.0925. The third-order valence-electron chi connectivity index (χ3n) is 3.51. The van der Waals surface area contributed by atoms with Gasteiger partial charge in [0.15, 0.2) is 11.7 Å². The zero-order valence-corrected chi connectivity index (χ0v) is 15.7. The van der Waals surface area contributed by atoms with Gasteiger partial charge in [-0.1, -0.05) is 0 Å². The highest BCUT2D eigenvalue weighted by atomic mass is 16.5. The van der Waals surface area contributed by atoms with Crippen molar-refractivity contribution in [1.29, 1.82) is 0 Å². The number of guanidine groups is 1. The first-order chi connectivity index (χ1) is 12.2. The minimum atomic E-state index is -0.175. The van der Waals surface area contributed by atoms with Gasteiger partial charge in [-0.25, -0.2) is 0 Å². The lowest BCUT2D eigenvalue weighted by atomic mass is 10.2. The average Bonchev–Trinajstić information content (AvgIpc) is 3.03. The number of aliphatic imine (C=N–C) groups is 1. The molecule has 0 bridgehead atoms. The van der Waals surface area contributed by atoms with E-state index in [0.29, 0.717) is 18.8 Å². The van der Waals surface area contributed by atoms with Crippen LogP contribution in [0.25, 0.3) is 0 Å². The Labute approximate surface area is 150 Å². The van der Waals surface area contributed by atoms with Crippen molar-refractivity contribution in [2.24, 2.45) is 4.99 Å². The highest BCUT2D eigenvalue weighted by Gasteiger charge is 2.11. The van der Waals surface area contributed by atoms with Crippen LogP contribution in [0, 0.1) is 6.92 Å². The van der Waals surface area contributed by atoms with E-state index in [0.717, 1.165) is 57.1 Å². The summed E-state index contributed by atoms with van der Waals surface area (Å²) in [6, 6.07) is 1.78. The molecule has 0 spiro atoms. The Hall–Kier alpha value is -2.02. The fourth-order valence-corrected chi connectivity index (χ4v) is 2.18. The van der Waals surface area contributed by atoms with Crippen molar-refractivity contribution in [2.45, 2.75) is 40.0 Å². The number of carbonyl (C=O) groups excluding carboxylic acids is 1.